The van der Waals surface area contributed by atoms with Gasteiger partial charge in [-0.05, 0) is 26.7 Å². The second-order valence-corrected chi connectivity index (χ2v) is 3.59. The van der Waals surface area contributed by atoms with E-state index in [1.54, 1.807) is 0 Å². The van der Waals surface area contributed by atoms with Crippen LogP contribution in [0, 0.1) is 0 Å². The molecular formula is C9H16O2. The molecule has 0 aromatic carbocycles. The summed E-state index contributed by atoms with van der Waals surface area (Å²) in [5.74, 6) is -1.39. The Hall–Kier alpha value is -0.340. The number of allylic oxidation sites excluding steroid dienone is 2. The first-order chi connectivity index (χ1) is 5.01. The Morgan fingerprint density at radius 2 is 1.64 bits per heavy atom. The Labute approximate surface area is 67.6 Å². The summed E-state index contributed by atoms with van der Waals surface area (Å²) in [6.07, 6.45) is 2.67. The Balaban J connectivity index is 2.56. The van der Waals surface area contributed by atoms with Gasteiger partial charge in [-0.1, -0.05) is 11.1 Å². The van der Waals surface area contributed by atoms with E-state index < -0.39 is 5.79 Å². The molecule has 1 saturated carbocycles. The third-order valence-corrected chi connectivity index (χ3v) is 2.36. The summed E-state index contributed by atoms with van der Waals surface area (Å²) >= 11 is 0. The van der Waals surface area contributed by atoms with E-state index in [4.69, 9.17) is 0 Å². The van der Waals surface area contributed by atoms with Crippen LogP contribution in [0.1, 0.15) is 39.5 Å². The van der Waals surface area contributed by atoms with Crippen molar-refractivity contribution in [2.75, 3.05) is 0 Å². The Bertz CT molecular complexity index is 164. The van der Waals surface area contributed by atoms with Crippen molar-refractivity contribution in [2.24, 2.45) is 0 Å². The van der Waals surface area contributed by atoms with Crippen molar-refractivity contribution in [1.82, 2.24) is 0 Å². The maximum Gasteiger partial charge on any atom is 0.163 e. The second-order valence-electron chi connectivity index (χ2n) is 3.59. The molecule has 2 heteroatoms. The van der Waals surface area contributed by atoms with E-state index in [2.05, 4.69) is 13.8 Å². The molecule has 11 heavy (non-hydrogen) atoms. The van der Waals surface area contributed by atoms with Crippen LogP contribution in [0.25, 0.3) is 0 Å². The predicted octanol–water partition coefficient (Wildman–Crippen LogP) is 1.58. The highest BCUT2D eigenvalue weighted by atomic mass is 16.5. The van der Waals surface area contributed by atoms with Crippen molar-refractivity contribution >= 4 is 0 Å². The molecule has 2 nitrogen and oxygen atoms in total. The van der Waals surface area contributed by atoms with Crippen molar-refractivity contribution in [3.05, 3.63) is 11.1 Å². The van der Waals surface area contributed by atoms with Gasteiger partial charge in [-0.25, -0.2) is 0 Å². The molecule has 1 rings (SSSR count). The molecule has 1 fully saturated rings. The molecule has 0 heterocycles. The van der Waals surface area contributed by atoms with Crippen LogP contribution >= 0.6 is 0 Å². The fourth-order valence-corrected chi connectivity index (χ4v) is 1.45. The lowest BCUT2D eigenvalue weighted by Crippen LogP contribution is -2.31. The molecule has 0 aromatic heterocycles. The van der Waals surface area contributed by atoms with Crippen LogP contribution in [0.15, 0.2) is 11.1 Å². The van der Waals surface area contributed by atoms with E-state index in [1.165, 1.54) is 11.1 Å². The third kappa shape index (κ3) is 2.31. The zero-order valence-corrected chi connectivity index (χ0v) is 7.22. The van der Waals surface area contributed by atoms with Gasteiger partial charge in [0.25, 0.3) is 0 Å². The Morgan fingerprint density at radius 3 is 2.00 bits per heavy atom. The SMILES string of the molecule is CC(C)=C1CCC(O)(O)CC1. The van der Waals surface area contributed by atoms with Gasteiger partial charge in [-0.2, -0.15) is 0 Å². The first-order valence-electron chi connectivity index (χ1n) is 4.11. The summed E-state index contributed by atoms with van der Waals surface area (Å²) in [7, 11) is 0. The van der Waals surface area contributed by atoms with Gasteiger partial charge in [0, 0.05) is 12.8 Å². The Kier molecular flexibility index (Phi) is 2.35. The first-order valence-corrected chi connectivity index (χ1v) is 4.11. The van der Waals surface area contributed by atoms with Gasteiger partial charge >= 0.3 is 0 Å². The largest absolute Gasteiger partial charge is 0.366 e. The van der Waals surface area contributed by atoms with Gasteiger partial charge in [-0.3, -0.25) is 0 Å². The zero-order chi connectivity index (χ0) is 8.48. The van der Waals surface area contributed by atoms with E-state index in [1.807, 2.05) is 0 Å². The van der Waals surface area contributed by atoms with Crippen molar-refractivity contribution in [3.8, 4) is 0 Å². The molecule has 2 N–H and O–H groups in total. The first kappa shape index (κ1) is 8.75. The summed E-state index contributed by atoms with van der Waals surface area (Å²) in [6.45, 7) is 4.16. The van der Waals surface area contributed by atoms with Crippen molar-refractivity contribution < 1.29 is 10.2 Å². The van der Waals surface area contributed by atoms with Crippen LogP contribution in [0.2, 0.25) is 0 Å². The topological polar surface area (TPSA) is 40.5 Å². The molecule has 0 atom stereocenters. The summed E-state index contributed by atoms with van der Waals surface area (Å²) in [6, 6.07) is 0. The number of rotatable bonds is 0. The van der Waals surface area contributed by atoms with Crippen molar-refractivity contribution in [3.63, 3.8) is 0 Å². The summed E-state index contributed by atoms with van der Waals surface area (Å²) in [5, 5.41) is 18.4. The molecule has 0 saturated heterocycles. The van der Waals surface area contributed by atoms with Crippen LogP contribution < -0.4 is 0 Å². The van der Waals surface area contributed by atoms with Crippen LogP contribution in [-0.4, -0.2) is 16.0 Å². The summed E-state index contributed by atoms with van der Waals surface area (Å²) in [4.78, 5) is 0. The fourth-order valence-electron chi connectivity index (χ4n) is 1.45. The maximum atomic E-state index is 9.21. The van der Waals surface area contributed by atoms with Crippen molar-refractivity contribution in [1.29, 1.82) is 0 Å². The fraction of sp³-hybridized carbons (Fsp3) is 0.778. The van der Waals surface area contributed by atoms with Gasteiger partial charge in [0.2, 0.25) is 0 Å². The highest BCUT2D eigenvalue weighted by Crippen LogP contribution is 2.30. The van der Waals surface area contributed by atoms with E-state index >= 15 is 0 Å². The summed E-state index contributed by atoms with van der Waals surface area (Å²) in [5.41, 5.74) is 2.73. The molecule has 64 valence electrons. The van der Waals surface area contributed by atoms with Gasteiger partial charge < -0.3 is 10.2 Å². The number of hydrogen-bond acceptors (Lipinski definition) is 2. The normalized spacial score (nSPS) is 23.5. The minimum Gasteiger partial charge on any atom is -0.366 e. The van der Waals surface area contributed by atoms with Crippen molar-refractivity contribution in [2.45, 2.75) is 45.3 Å². The average molecular weight is 156 g/mol. The highest BCUT2D eigenvalue weighted by Gasteiger charge is 2.27. The molecule has 1 aliphatic carbocycles. The summed E-state index contributed by atoms with van der Waals surface area (Å²) < 4.78 is 0. The molecule has 0 spiro atoms. The number of hydrogen-bond donors (Lipinski definition) is 2. The lowest BCUT2D eigenvalue weighted by molar-refractivity contribution is -0.175. The molecule has 0 amide bonds. The molecular weight excluding hydrogens is 140 g/mol. The van der Waals surface area contributed by atoms with Crippen LogP contribution in [-0.2, 0) is 0 Å². The van der Waals surface area contributed by atoms with Crippen LogP contribution in [0.4, 0.5) is 0 Å². The smallest absolute Gasteiger partial charge is 0.163 e. The van der Waals surface area contributed by atoms with E-state index in [-0.39, 0.29) is 0 Å². The van der Waals surface area contributed by atoms with E-state index in [0.717, 1.165) is 12.8 Å². The highest BCUT2D eigenvalue weighted by molar-refractivity contribution is 5.12. The molecule has 0 aliphatic heterocycles. The predicted molar refractivity (Wildman–Crippen MR) is 44.0 cm³/mol. The average Bonchev–Trinajstić information content (AvgIpc) is 1.86. The van der Waals surface area contributed by atoms with E-state index in [9.17, 15) is 10.2 Å². The molecule has 0 bridgehead atoms. The lowest BCUT2D eigenvalue weighted by Gasteiger charge is -2.28. The Morgan fingerprint density at radius 1 is 1.18 bits per heavy atom. The molecule has 1 aliphatic rings. The third-order valence-electron chi connectivity index (χ3n) is 2.36. The van der Waals surface area contributed by atoms with Crippen LogP contribution in [0.5, 0.6) is 0 Å². The van der Waals surface area contributed by atoms with Crippen LogP contribution in [0.3, 0.4) is 0 Å². The monoisotopic (exact) mass is 156 g/mol. The van der Waals surface area contributed by atoms with Gasteiger partial charge in [0.1, 0.15) is 0 Å². The standard InChI is InChI=1S/C9H16O2/c1-7(2)8-3-5-9(10,11)6-4-8/h10-11H,3-6H2,1-2H3. The quantitative estimate of drug-likeness (QED) is 0.413. The minimum absolute atomic E-state index is 0.494. The van der Waals surface area contributed by atoms with Gasteiger partial charge in [-0.15, -0.1) is 0 Å². The van der Waals surface area contributed by atoms with E-state index in [0.29, 0.717) is 12.8 Å². The van der Waals surface area contributed by atoms with Gasteiger partial charge in [0.15, 0.2) is 5.79 Å². The zero-order valence-electron chi connectivity index (χ0n) is 7.22. The molecule has 0 aromatic rings. The maximum absolute atomic E-state index is 9.21. The number of aliphatic hydroxyl groups is 2. The molecule has 0 radical (unpaired) electrons. The minimum atomic E-state index is -1.39. The second kappa shape index (κ2) is 2.95. The molecule has 0 unspecified atom stereocenters. The van der Waals surface area contributed by atoms with Gasteiger partial charge in [0.05, 0.1) is 0 Å². The lowest BCUT2D eigenvalue weighted by atomic mass is 9.88.